The highest BCUT2D eigenvalue weighted by Gasteiger charge is 2.42. The van der Waals surface area contributed by atoms with E-state index in [0.29, 0.717) is 11.5 Å². The molecule has 0 spiro atoms. The van der Waals surface area contributed by atoms with Crippen LogP contribution in [0.15, 0.2) is 6.07 Å². The number of phenolic OH excluding ortho intramolecular Hbond substituents is 1. The fourth-order valence-corrected chi connectivity index (χ4v) is 4.17. The Balaban J connectivity index is 1.67. The van der Waals surface area contributed by atoms with Crippen molar-refractivity contribution in [1.82, 2.24) is 9.80 Å². The van der Waals surface area contributed by atoms with Crippen molar-refractivity contribution < 1.29 is 19.4 Å². The smallest absolute Gasteiger partial charge is 0.333 e. The van der Waals surface area contributed by atoms with Gasteiger partial charge in [0.05, 0.1) is 6.10 Å². The van der Waals surface area contributed by atoms with Gasteiger partial charge in [0.15, 0.2) is 11.5 Å². The number of ether oxygens (including phenoxy) is 2. The van der Waals surface area contributed by atoms with E-state index in [4.69, 9.17) is 9.47 Å². The monoisotopic (exact) mass is 346 g/mol. The number of carbonyl (C=O) groups is 1. The number of aromatic hydroxyl groups is 1. The molecule has 1 unspecified atom stereocenters. The lowest BCUT2D eigenvalue weighted by atomic mass is 9.98. The molecule has 1 saturated carbocycles. The van der Waals surface area contributed by atoms with E-state index >= 15 is 0 Å². The van der Waals surface area contributed by atoms with E-state index in [1.54, 1.807) is 6.07 Å². The first-order valence-corrected chi connectivity index (χ1v) is 9.22. The summed E-state index contributed by atoms with van der Waals surface area (Å²) in [6, 6.07) is 1.16. The first-order chi connectivity index (χ1) is 12.0. The Bertz CT molecular complexity index is 676. The van der Waals surface area contributed by atoms with E-state index < -0.39 is 6.04 Å². The molecule has 2 fully saturated rings. The zero-order valence-electron chi connectivity index (χ0n) is 15.0. The summed E-state index contributed by atoms with van der Waals surface area (Å²) < 4.78 is 11.6. The van der Waals surface area contributed by atoms with Gasteiger partial charge in [0.25, 0.3) is 0 Å². The second-order valence-electron chi connectivity index (χ2n) is 7.45. The van der Waals surface area contributed by atoms with Gasteiger partial charge in [0.1, 0.15) is 11.8 Å². The minimum Gasteiger partial charge on any atom is -0.504 e. The molecule has 2 heterocycles. The molecule has 3 aliphatic rings. The molecule has 1 atom stereocenters. The normalized spacial score (nSPS) is 25.2. The van der Waals surface area contributed by atoms with Crippen molar-refractivity contribution in [1.29, 1.82) is 0 Å². The maximum atomic E-state index is 12.5. The molecule has 1 N–H and O–H groups in total. The highest BCUT2D eigenvalue weighted by molar-refractivity contribution is 5.88. The Morgan fingerprint density at radius 2 is 1.88 bits per heavy atom. The molecule has 0 bridgehead atoms. The number of piperazine rings is 1. The molecule has 0 radical (unpaired) electrons. The third-order valence-corrected chi connectivity index (χ3v) is 5.72. The predicted octanol–water partition coefficient (Wildman–Crippen LogP) is 2.23. The third-order valence-electron chi connectivity index (χ3n) is 5.72. The maximum Gasteiger partial charge on any atom is 0.333 e. The van der Waals surface area contributed by atoms with Crippen molar-refractivity contribution in [2.45, 2.75) is 44.8 Å². The number of esters is 1. The summed E-state index contributed by atoms with van der Waals surface area (Å²) in [5, 5.41) is 10.4. The highest BCUT2D eigenvalue weighted by atomic mass is 16.6. The van der Waals surface area contributed by atoms with Gasteiger partial charge in [0, 0.05) is 43.4 Å². The van der Waals surface area contributed by atoms with Gasteiger partial charge in [-0.05, 0) is 39.7 Å². The van der Waals surface area contributed by atoms with Crippen LogP contribution in [-0.2, 0) is 4.79 Å². The van der Waals surface area contributed by atoms with Crippen LogP contribution in [0.1, 0.15) is 42.9 Å². The Morgan fingerprint density at radius 3 is 2.56 bits per heavy atom. The SMILES string of the molecule is Cc1c(OC2CCCC2)cc(O)c2c1C(N1CCN(C)CC1)C(=O)O2. The lowest BCUT2D eigenvalue weighted by molar-refractivity contribution is -0.138. The number of fused-ring (bicyclic) bond motifs is 1. The number of nitrogens with zero attached hydrogens (tertiary/aromatic N) is 2. The van der Waals surface area contributed by atoms with Crippen molar-refractivity contribution in [2.24, 2.45) is 0 Å². The molecule has 6 nitrogen and oxygen atoms in total. The van der Waals surface area contributed by atoms with Gasteiger partial charge in [-0.1, -0.05) is 0 Å². The third kappa shape index (κ3) is 2.98. The number of phenols is 1. The Labute approximate surface area is 148 Å². The first-order valence-electron chi connectivity index (χ1n) is 9.22. The number of hydrogen-bond acceptors (Lipinski definition) is 6. The van der Waals surface area contributed by atoms with Gasteiger partial charge in [-0.25, -0.2) is 4.79 Å². The van der Waals surface area contributed by atoms with E-state index in [1.807, 2.05) is 6.92 Å². The van der Waals surface area contributed by atoms with Crippen molar-refractivity contribution in [3.8, 4) is 17.2 Å². The number of benzene rings is 1. The zero-order chi connectivity index (χ0) is 17.6. The summed E-state index contributed by atoms with van der Waals surface area (Å²) in [7, 11) is 2.09. The standard InChI is InChI=1S/C19H26N2O4/c1-12-15(24-13-5-3-4-6-13)11-14(22)18-16(12)17(19(23)25-18)21-9-7-20(2)8-10-21/h11,13,17,22H,3-10H2,1-2H3. The van der Waals surface area contributed by atoms with Crippen molar-refractivity contribution in [3.63, 3.8) is 0 Å². The molecular formula is C19H26N2O4. The van der Waals surface area contributed by atoms with Crippen LogP contribution < -0.4 is 9.47 Å². The van der Waals surface area contributed by atoms with E-state index in [0.717, 1.165) is 50.1 Å². The first kappa shape index (κ1) is 16.7. The van der Waals surface area contributed by atoms with E-state index in [-0.39, 0.29) is 17.8 Å². The Hall–Kier alpha value is -1.79. The van der Waals surface area contributed by atoms with Gasteiger partial charge in [0.2, 0.25) is 0 Å². The highest BCUT2D eigenvalue weighted by Crippen LogP contribution is 2.48. The zero-order valence-corrected chi connectivity index (χ0v) is 15.0. The van der Waals surface area contributed by atoms with Gasteiger partial charge >= 0.3 is 5.97 Å². The fraction of sp³-hybridized carbons (Fsp3) is 0.632. The molecule has 1 aromatic carbocycles. The fourth-order valence-electron chi connectivity index (χ4n) is 4.17. The summed E-state index contributed by atoms with van der Waals surface area (Å²) in [5.41, 5.74) is 1.69. The lowest BCUT2D eigenvalue weighted by Crippen LogP contribution is -2.47. The molecule has 136 valence electrons. The maximum absolute atomic E-state index is 12.5. The quantitative estimate of drug-likeness (QED) is 0.669. The van der Waals surface area contributed by atoms with E-state index in [1.165, 1.54) is 12.8 Å². The van der Waals surface area contributed by atoms with Crippen molar-refractivity contribution >= 4 is 5.97 Å². The second-order valence-corrected chi connectivity index (χ2v) is 7.45. The van der Waals surface area contributed by atoms with Gasteiger partial charge < -0.3 is 19.5 Å². The van der Waals surface area contributed by atoms with Crippen LogP contribution in [0.5, 0.6) is 17.2 Å². The minimum absolute atomic E-state index is 0.00132. The predicted molar refractivity (Wildman–Crippen MR) is 93.2 cm³/mol. The van der Waals surface area contributed by atoms with Gasteiger partial charge in [-0.2, -0.15) is 0 Å². The molecule has 0 amide bonds. The van der Waals surface area contributed by atoms with Gasteiger partial charge in [-0.3, -0.25) is 4.90 Å². The minimum atomic E-state index is -0.443. The molecule has 1 aliphatic carbocycles. The average molecular weight is 346 g/mol. The number of likely N-dealkylation sites (N-methyl/N-ethyl adjacent to an activating group) is 1. The second kappa shape index (κ2) is 6.50. The molecule has 1 aromatic rings. The Morgan fingerprint density at radius 1 is 1.20 bits per heavy atom. The number of rotatable bonds is 3. The summed E-state index contributed by atoms with van der Waals surface area (Å²) in [6.07, 6.45) is 4.68. The molecule has 25 heavy (non-hydrogen) atoms. The van der Waals surface area contributed by atoms with Crippen LogP contribution in [0.2, 0.25) is 0 Å². The van der Waals surface area contributed by atoms with Crippen LogP contribution in [-0.4, -0.2) is 60.2 Å². The lowest BCUT2D eigenvalue weighted by Gasteiger charge is -2.35. The van der Waals surface area contributed by atoms with Crippen molar-refractivity contribution in [3.05, 3.63) is 17.2 Å². The molecule has 6 heteroatoms. The molecule has 4 rings (SSSR count). The topological polar surface area (TPSA) is 62.2 Å². The van der Waals surface area contributed by atoms with Crippen LogP contribution >= 0.6 is 0 Å². The van der Waals surface area contributed by atoms with E-state index in [2.05, 4.69) is 16.8 Å². The molecule has 0 aromatic heterocycles. The summed E-state index contributed by atoms with van der Waals surface area (Å²) in [5.74, 6) is 0.695. The largest absolute Gasteiger partial charge is 0.504 e. The molecular weight excluding hydrogens is 320 g/mol. The van der Waals surface area contributed by atoms with E-state index in [9.17, 15) is 9.90 Å². The van der Waals surface area contributed by atoms with Gasteiger partial charge in [-0.15, -0.1) is 0 Å². The van der Waals surface area contributed by atoms with Crippen LogP contribution in [0.3, 0.4) is 0 Å². The molecule has 2 aliphatic heterocycles. The number of hydrogen-bond donors (Lipinski definition) is 1. The number of carbonyl (C=O) groups excluding carboxylic acids is 1. The summed E-state index contributed by atoms with van der Waals surface area (Å²) in [4.78, 5) is 16.9. The van der Waals surface area contributed by atoms with Crippen LogP contribution in [0.4, 0.5) is 0 Å². The summed E-state index contributed by atoms with van der Waals surface area (Å²) in [6.45, 7) is 5.42. The average Bonchev–Trinajstić information content (AvgIpc) is 3.21. The van der Waals surface area contributed by atoms with Crippen molar-refractivity contribution in [2.75, 3.05) is 33.2 Å². The van der Waals surface area contributed by atoms with Crippen LogP contribution in [0, 0.1) is 6.92 Å². The van der Waals surface area contributed by atoms with Crippen LogP contribution in [0.25, 0.3) is 0 Å². The Kier molecular flexibility index (Phi) is 4.33. The summed E-state index contributed by atoms with van der Waals surface area (Å²) >= 11 is 0. The molecule has 1 saturated heterocycles.